The Kier molecular flexibility index (Phi) is 4.58. The molecular weight excluding hydrogens is 242 g/mol. The van der Waals surface area contributed by atoms with Crippen molar-refractivity contribution < 1.29 is 18.7 Å². The zero-order valence-electron chi connectivity index (χ0n) is 10.3. The van der Waals surface area contributed by atoms with E-state index >= 15 is 0 Å². The van der Waals surface area contributed by atoms with Crippen LogP contribution in [0.25, 0.3) is 0 Å². The van der Waals surface area contributed by atoms with Crippen molar-refractivity contribution in [2.24, 2.45) is 5.41 Å². The van der Waals surface area contributed by atoms with Crippen LogP contribution in [0.15, 0.2) is 24.5 Å². The Labute approximate surface area is 104 Å². The maximum atomic E-state index is 12.1. The molecule has 0 saturated carbocycles. The molecule has 1 aromatic rings. The van der Waals surface area contributed by atoms with E-state index in [1.165, 1.54) is 10.9 Å². The summed E-state index contributed by atoms with van der Waals surface area (Å²) in [7, 11) is 0. The number of allylic oxidation sites excluding steroid dienone is 1. The van der Waals surface area contributed by atoms with Gasteiger partial charge in [0, 0.05) is 12.3 Å². The summed E-state index contributed by atoms with van der Waals surface area (Å²) in [6, 6.07) is 0. The van der Waals surface area contributed by atoms with Gasteiger partial charge in [0.1, 0.15) is 6.54 Å². The second kappa shape index (κ2) is 5.75. The van der Waals surface area contributed by atoms with Crippen molar-refractivity contribution in [1.29, 1.82) is 0 Å². The number of hydrogen-bond acceptors (Lipinski definition) is 2. The molecule has 1 heterocycles. The molecule has 6 heteroatoms. The van der Waals surface area contributed by atoms with Gasteiger partial charge in [-0.15, -0.1) is 0 Å². The number of nitrogens with zero attached hydrogens (tertiary/aromatic N) is 2. The van der Waals surface area contributed by atoms with Crippen LogP contribution in [-0.4, -0.2) is 27.3 Å². The molecule has 18 heavy (non-hydrogen) atoms. The minimum absolute atomic E-state index is 0.364. The first-order chi connectivity index (χ1) is 8.28. The largest absolute Gasteiger partial charge is 0.478 e. The molecule has 0 amide bonds. The van der Waals surface area contributed by atoms with E-state index in [1.807, 2.05) is 13.8 Å². The van der Waals surface area contributed by atoms with Gasteiger partial charge in [-0.25, -0.2) is 13.6 Å². The van der Waals surface area contributed by atoms with Crippen LogP contribution in [0.1, 0.15) is 19.4 Å². The predicted octanol–water partition coefficient (Wildman–Crippen LogP) is 2.36. The standard InChI is InChI=1S/C12H16F2N2O2/c1-12(2,4-3-11(17)18)5-9-6-15-16(7-9)8-10(13)14/h3-4,6-7,10H,5,8H2,1-2H3,(H,17,18)/b4-3+. The summed E-state index contributed by atoms with van der Waals surface area (Å²) < 4.78 is 25.5. The van der Waals surface area contributed by atoms with Gasteiger partial charge in [-0.05, 0) is 17.4 Å². The van der Waals surface area contributed by atoms with Crippen molar-refractivity contribution in [1.82, 2.24) is 9.78 Å². The first kappa shape index (κ1) is 14.3. The summed E-state index contributed by atoms with van der Waals surface area (Å²) >= 11 is 0. The Hall–Kier alpha value is -1.72. The minimum Gasteiger partial charge on any atom is -0.478 e. The normalized spacial score (nSPS) is 12.5. The van der Waals surface area contributed by atoms with Gasteiger partial charge in [0.05, 0.1) is 6.20 Å². The van der Waals surface area contributed by atoms with E-state index in [2.05, 4.69) is 5.10 Å². The fraction of sp³-hybridized carbons (Fsp3) is 0.500. The van der Waals surface area contributed by atoms with Crippen molar-refractivity contribution in [3.8, 4) is 0 Å². The zero-order chi connectivity index (χ0) is 13.8. The summed E-state index contributed by atoms with van der Waals surface area (Å²) in [5.41, 5.74) is 0.438. The number of hydrogen-bond donors (Lipinski definition) is 1. The maximum Gasteiger partial charge on any atom is 0.327 e. The van der Waals surface area contributed by atoms with Crippen LogP contribution in [0.2, 0.25) is 0 Å². The van der Waals surface area contributed by atoms with E-state index in [-0.39, 0.29) is 5.41 Å². The molecule has 1 aromatic heterocycles. The molecule has 0 saturated heterocycles. The highest BCUT2D eigenvalue weighted by Gasteiger charge is 2.17. The Morgan fingerprint density at radius 2 is 2.28 bits per heavy atom. The smallest absolute Gasteiger partial charge is 0.327 e. The summed E-state index contributed by atoms with van der Waals surface area (Å²) in [5, 5.41) is 12.4. The van der Waals surface area contributed by atoms with E-state index in [0.717, 1.165) is 11.6 Å². The Balaban J connectivity index is 2.66. The van der Waals surface area contributed by atoms with Crippen LogP contribution in [0.5, 0.6) is 0 Å². The first-order valence-electron chi connectivity index (χ1n) is 5.50. The molecule has 1 rings (SSSR count). The number of aliphatic carboxylic acids is 1. The molecule has 100 valence electrons. The Bertz CT molecular complexity index is 439. The van der Waals surface area contributed by atoms with E-state index in [9.17, 15) is 13.6 Å². The number of rotatable bonds is 6. The molecule has 1 N–H and O–H groups in total. The number of carbonyl (C=O) groups is 1. The molecule has 0 aromatic carbocycles. The zero-order valence-corrected chi connectivity index (χ0v) is 10.3. The summed E-state index contributed by atoms with van der Waals surface area (Å²) in [4.78, 5) is 10.4. The maximum absolute atomic E-state index is 12.1. The molecule has 0 fully saturated rings. The van der Waals surface area contributed by atoms with Crippen molar-refractivity contribution >= 4 is 5.97 Å². The molecule has 0 aliphatic rings. The number of aromatic nitrogens is 2. The van der Waals surface area contributed by atoms with Gasteiger partial charge in [0.15, 0.2) is 0 Å². The second-order valence-corrected chi connectivity index (χ2v) is 4.80. The molecule has 0 spiro atoms. The third-order valence-corrected chi connectivity index (χ3v) is 2.35. The first-order valence-corrected chi connectivity index (χ1v) is 5.50. The topological polar surface area (TPSA) is 55.1 Å². The Morgan fingerprint density at radius 3 is 2.83 bits per heavy atom. The molecule has 4 nitrogen and oxygen atoms in total. The fourth-order valence-corrected chi connectivity index (χ4v) is 1.62. The van der Waals surface area contributed by atoms with E-state index in [4.69, 9.17) is 5.11 Å². The van der Waals surface area contributed by atoms with Crippen LogP contribution in [0.4, 0.5) is 8.78 Å². The van der Waals surface area contributed by atoms with Gasteiger partial charge in [-0.2, -0.15) is 5.10 Å². The van der Waals surface area contributed by atoms with Crippen LogP contribution < -0.4 is 0 Å². The molecule has 0 unspecified atom stereocenters. The molecule has 0 atom stereocenters. The van der Waals surface area contributed by atoms with Crippen molar-refractivity contribution in [2.45, 2.75) is 33.2 Å². The molecule has 0 radical (unpaired) electrons. The van der Waals surface area contributed by atoms with Gasteiger partial charge in [-0.1, -0.05) is 19.9 Å². The second-order valence-electron chi connectivity index (χ2n) is 4.80. The predicted molar refractivity (Wildman–Crippen MR) is 62.5 cm³/mol. The van der Waals surface area contributed by atoms with Gasteiger partial charge in [-0.3, -0.25) is 4.68 Å². The van der Waals surface area contributed by atoms with E-state index in [1.54, 1.807) is 12.3 Å². The monoisotopic (exact) mass is 258 g/mol. The summed E-state index contributed by atoms with van der Waals surface area (Å²) in [6.07, 6.45) is 3.86. The average Bonchev–Trinajstić information content (AvgIpc) is 2.61. The van der Waals surface area contributed by atoms with Crippen LogP contribution in [0.3, 0.4) is 0 Å². The van der Waals surface area contributed by atoms with Crippen LogP contribution in [0, 0.1) is 5.41 Å². The third kappa shape index (κ3) is 5.07. The minimum atomic E-state index is -2.43. The number of halogens is 2. The lowest BCUT2D eigenvalue weighted by molar-refractivity contribution is -0.131. The van der Waals surface area contributed by atoms with E-state index < -0.39 is 18.9 Å². The molecule has 0 aliphatic heterocycles. The molecule has 0 aliphatic carbocycles. The van der Waals surface area contributed by atoms with Crippen molar-refractivity contribution in [2.75, 3.05) is 0 Å². The van der Waals surface area contributed by atoms with Gasteiger partial charge in [0.25, 0.3) is 6.43 Å². The number of carboxylic acids is 1. The van der Waals surface area contributed by atoms with Crippen LogP contribution >= 0.6 is 0 Å². The lowest BCUT2D eigenvalue weighted by Crippen LogP contribution is -2.12. The summed E-state index contributed by atoms with van der Waals surface area (Å²) in [6.45, 7) is 3.32. The number of carboxylic acid groups (broad SMARTS) is 1. The lowest BCUT2D eigenvalue weighted by Gasteiger charge is -2.18. The SMILES string of the molecule is CC(C)(/C=C/C(=O)O)Cc1cnn(CC(F)F)c1. The van der Waals surface area contributed by atoms with Crippen LogP contribution in [-0.2, 0) is 17.8 Å². The highest BCUT2D eigenvalue weighted by atomic mass is 19.3. The highest BCUT2D eigenvalue weighted by molar-refractivity contribution is 5.79. The quantitative estimate of drug-likeness (QED) is 0.797. The number of alkyl halides is 2. The van der Waals surface area contributed by atoms with E-state index in [0.29, 0.717) is 6.42 Å². The Morgan fingerprint density at radius 1 is 1.61 bits per heavy atom. The lowest BCUT2D eigenvalue weighted by atomic mass is 9.86. The third-order valence-electron chi connectivity index (χ3n) is 2.35. The molecule has 0 bridgehead atoms. The fourth-order valence-electron chi connectivity index (χ4n) is 1.62. The summed E-state index contributed by atoms with van der Waals surface area (Å²) in [5.74, 6) is -1.00. The highest BCUT2D eigenvalue weighted by Crippen LogP contribution is 2.23. The average molecular weight is 258 g/mol. The van der Waals surface area contributed by atoms with Crippen molar-refractivity contribution in [3.63, 3.8) is 0 Å². The van der Waals surface area contributed by atoms with Crippen molar-refractivity contribution in [3.05, 3.63) is 30.1 Å². The van der Waals surface area contributed by atoms with Gasteiger partial charge >= 0.3 is 5.97 Å². The van der Waals surface area contributed by atoms with Gasteiger partial charge < -0.3 is 5.11 Å². The van der Waals surface area contributed by atoms with Gasteiger partial charge in [0.2, 0.25) is 0 Å². The molecular formula is C12H16F2N2O2.